The van der Waals surface area contributed by atoms with E-state index in [9.17, 15) is 61.0 Å². The molecule has 3 fully saturated rings. The van der Waals surface area contributed by atoms with Crippen LogP contribution in [0.1, 0.15) is 149 Å². The first kappa shape index (κ1) is 65.8. The number of aliphatic hydroxyl groups excluding tert-OH is 11. The molecule has 17 atom stereocenters. The van der Waals surface area contributed by atoms with Gasteiger partial charge >= 0.3 is 0 Å². The van der Waals surface area contributed by atoms with Crippen LogP contribution in [0.3, 0.4) is 0 Å². The van der Waals surface area contributed by atoms with E-state index < -0.39 is 124 Å². The van der Waals surface area contributed by atoms with E-state index in [-0.39, 0.29) is 18.9 Å². The minimum Gasteiger partial charge on any atom is -0.394 e. The molecule has 3 saturated heterocycles. The lowest BCUT2D eigenvalue weighted by Crippen LogP contribution is -2.66. The Balaban J connectivity index is 1.56. The third-order valence-corrected chi connectivity index (χ3v) is 13.5. The lowest BCUT2D eigenvalue weighted by Gasteiger charge is -2.48. The van der Waals surface area contributed by atoms with Gasteiger partial charge in [-0.25, -0.2) is 0 Å². The highest BCUT2D eigenvalue weighted by molar-refractivity contribution is 5.76. The summed E-state index contributed by atoms with van der Waals surface area (Å²) >= 11 is 0. The second kappa shape index (κ2) is 38.9. The summed E-state index contributed by atoms with van der Waals surface area (Å²) in [6, 6.07) is -1.00. The molecule has 0 aromatic carbocycles. The summed E-state index contributed by atoms with van der Waals surface area (Å²) in [5, 5.41) is 120. The van der Waals surface area contributed by atoms with Gasteiger partial charge in [-0.1, -0.05) is 126 Å². The molecule has 74 heavy (non-hydrogen) atoms. The van der Waals surface area contributed by atoms with Crippen LogP contribution >= 0.6 is 0 Å². The highest BCUT2D eigenvalue weighted by atomic mass is 16.8. The third-order valence-electron chi connectivity index (χ3n) is 13.5. The minimum absolute atomic E-state index is 0.213. The molecule has 0 saturated carbocycles. The summed E-state index contributed by atoms with van der Waals surface area (Å²) in [6.07, 6.45) is 15.0. The maximum Gasteiger partial charge on any atom is 0.220 e. The number of aliphatic hydroxyl groups is 11. The van der Waals surface area contributed by atoms with Crippen molar-refractivity contribution >= 4 is 5.91 Å². The van der Waals surface area contributed by atoms with Crippen molar-refractivity contribution in [3.63, 3.8) is 0 Å². The fourth-order valence-corrected chi connectivity index (χ4v) is 8.90. The number of rotatable bonds is 38. The Labute approximate surface area is 439 Å². The average molecular weight is 1060 g/mol. The topological polar surface area (TPSA) is 307 Å². The number of allylic oxidation sites excluding steroid dienone is 9. The minimum atomic E-state index is -1.98. The SMILES string of the molecule is CCCCC/C=C/CC/C=C/CC/C=C/C(O)C(COC1OC(CO)C(OC2OC(CO)C(OC3OC(CO)C(O)C(O)C3O)C(O)C2O)C(O)C1O)NC(=O)CCCCCCC/C=C\C/C=C\CCCCCC. The van der Waals surface area contributed by atoms with Crippen molar-refractivity contribution < 1.29 is 89.4 Å². The zero-order valence-electron chi connectivity index (χ0n) is 44.0. The average Bonchev–Trinajstić information content (AvgIpc) is 3.40. The van der Waals surface area contributed by atoms with E-state index in [1.807, 2.05) is 6.08 Å². The van der Waals surface area contributed by atoms with Crippen LogP contribution in [0.15, 0.2) is 60.8 Å². The van der Waals surface area contributed by atoms with Crippen molar-refractivity contribution in [1.82, 2.24) is 5.32 Å². The normalized spacial score (nSPS) is 31.9. The predicted molar refractivity (Wildman–Crippen MR) is 277 cm³/mol. The summed E-state index contributed by atoms with van der Waals surface area (Å²) in [7, 11) is 0. The molecule has 19 heteroatoms. The van der Waals surface area contributed by atoms with Crippen LogP contribution in [0.25, 0.3) is 0 Å². The second-order valence-corrected chi connectivity index (χ2v) is 19.7. The molecule has 19 nitrogen and oxygen atoms in total. The Hall–Kier alpha value is -2.51. The first-order valence-electron chi connectivity index (χ1n) is 27.5. The maximum absolute atomic E-state index is 13.3. The van der Waals surface area contributed by atoms with Gasteiger partial charge in [0.2, 0.25) is 5.91 Å². The predicted octanol–water partition coefficient (Wildman–Crippen LogP) is 3.31. The molecule has 12 N–H and O–H groups in total. The van der Waals surface area contributed by atoms with Crippen LogP contribution < -0.4 is 5.32 Å². The lowest BCUT2D eigenvalue weighted by molar-refractivity contribution is -0.379. The quantitative estimate of drug-likeness (QED) is 0.0312. The van der Waals surface area contributed by atoms with Crippen LogP contribution in [0.2, 0.25) is 0 Å². The van der Waals surface area contributed by atoms with Crippen LogP contribution in [-0.4, -0.2) is 193 Å². The summed E-state index contributed by atoms with van der Waals surface area (Å²) in [4.78, 5) is 13.3. The molecule has 0 spiro atoms. The summed E-state index contributed by atoms with van der Waals surface area (Å²) in [5.41, 5.74) is 0. The number of amides is 1. The molecule has 3 aliphatic rings. The van der Waals surface area contributed by atoms with Gasteiger partial charge in [-0.2, -0.15) is 0 Å². The van der Waals surface area contributed by atoms with E-state index in [2.05, 4.69) is 67.8 Å². The number of nitrogens with one attached hydrogen (secondary N) is 1. The molecule has 0 radical (unpaired) electrons. The van der Waals surface area contributed by atoms with Gasteiger partial charge in [0.25, 0.3) is 0 Å². The van der Waals surface area contributed by atoms with Crippen molar-refractivity contribution in [1.29, 1.82) is 0 Å². The van der Waals surface area contributed by atoms with Crippen LogP contribution in [-0.2, 0) is 33.2 Å². The molecular formula is C55H95NO18. The molecule has 3 rings (SSSR count). The summed E-state index contributed by atoms with van der Waals surface area (Å²) < 4.78 is 34.1. The lowest BCUT2D eigenvalue weighted by atomic mass is 9.96. The highest BCUT2D eigenvalue weighted by Crippen LogP contribution is 2.33. The van der Waals surface area contributed by atoms with Gasteiger partial charge < -0.3 is 89.9 Å². The molecular weight excluding hydrogens is 963 g/mol. The second-order valence-electron chi connectivity index (χ2n) is 19.7. The summed E-state index contributed by atoms with van der Waals surface area (Å²) in [5.74, 6) is -0.308. The first-order chi connectivity index (χ1) is 35.8. The molecule has 3 aliphatic heterocycles. The van der Waals surface area contributed by atoms with Crippen LogP contribution in [0.4, 0.5) is 0 Å². The van der Waals surface area contributed by atoms with Crippen molar-refractivity contribution in [2.45, 2.75) is 253 Å². The molecule has 0 aromatic heterocycles. The Morgan fingerprint density at radius 1 is 0.486 bits per heavy atom. The third kappa shape index (κ3) is 23.6. The van der Waals surface area contributed by atoms with E-state index in [1.54, 1.807) is 6.08 Å². The van der Waals surface area contributed by atoms with Crippen LogP contribution in [0, 0.1) is 0 Å². The number of hydrogen-bond acceptors (Lipinski definition) is 18. The van der Waals surface area contributed by atoms with Crippen molar-refractivity contribution in [3.8, 4) is 0 Å². The Morgan fingerprint density at radius 2 is 0.905 bits per heavy atom. The molecule has 3 heterocycles. The maximum atomic E-state index is 13.3. The van der Waals surface area contributed by atoms with E-state index in [0.717, 1.165) is 70.6 Å². The fraction of sp³-hybridized carbons (Fsp3) is 0.800. The van der Waals surface area contributed by atoms with Gasteiger partial charge in [0.15, 0.2) is 18.9 Å². The van der Waals surface area contributed by atoms with E-state index in [1.165, 1.54) is 44.9 Å². The van der Waals surface area contributed by atoms with E-state index >= 15 is 0 Å². The highest BCUT2D eigenvalue weighted by Gasteiger charge is 2.53. The largest absolute Gasteiger partial charge is 0.394 e. The Bertz CT molecular complexity index is 1590. The first-order valence-corrected chi connectivity index (χ1v) is 27.5. The van der Waals surface area contributed by atoms with Gasteiger partial charge in [0, 0.05) is 6.42 Å². The standard InChI is InChI=1S/C55H95NO18/c1-3-5-7-9-11-13-15-17-18-19-21-23-25-27-29-31-33-43(61)56-38(39(60)32-30-28-26-24-22-20-16-14-12-10-8-6-4-2)37-69-53-49(67)46(64)51(41(35-58)71-53)74-55-50(68)47(65)52(42(36-59)72-55)73-54-48(66)45(63)44(62)40(34-57)70-54/h12-15,18-19,22,24,30,32,38-42,44-55,57-60,62-68H,3-11,16-17,20-21,23,25-29,31,33-37H2,1-2H3,(H,56,61)/b14-12+,15-13-,19-18-,24-22+,32-30+. The molecule has 0 bridgehead atoms. The number of carbonyl (C=O) groups is 1. The Morgan fingerprint density at radius 3 is 1.46 bits per heavy atom. The molecule has 0 aromatic rings. The van der Waals surface area contributed by atoms with Crippen molar-refractivity contribution in [2.75, 3.05) is 26.4 Å². The zero-order chi connectivity index (χ0) is 54.1. The zero-order valence-corrected chi connectivity index (χ0v) is 44.0. The Kier molecular flexibility index (Phi) is 34.6. The van der Waals surface area contributed by atoms with E-state index in [0.29, 0.717) is 12.8 Å². The molecule has 428 valence electrons. The molecule has 0 aliphatic carbocycles. The van der Waals surface area contributed by atoms with Crippen molar-refractivity contribution in [3.05, 3.63) is 60.8 Å². The monoisotopic (exact) mass is 1060 g/mol. The molecule has 17 unspecified atom stereocenters. The van der Waals surface area contributed by atoms with Gasteiger partial charge in [0.05, 0.1) is 38.6 Å². The number of ether oxygens (including phenoxy) is 6. The fourth-order valence-electron chi connectivity index (χ4n) is 8.90. The van der Waals surface area contributed by atoms with E-state index in [4.69, 9.17) is 28.4 Å². The van der Waals surface area contributed by atoms with Crippen LogP contribution in [0.5, 0.6) is 0 Å². The molecule has 1 amide bonds. The number of carbonyl (C=O) groups excluding carboxylic acids is 1. The van der Waals surface area contributed by atoms with Gasteiger partial charge in [-0.05, 0) is 77.0 Å². The van der Waals surface area contributed by atoms with Gasteiger partial charge in [-0.3, -0.25) is 4.79 Å². The van der Waals surface area contributed by atoms with Crippen molar-refractivity contribution in [2.24, 2.45) is 0 Å². The summed E-state index contributed by atoms with van der Waals surface area (Å²) in [6.45, 7) is 1.59. The number of unbranched alkanes of at least 4 members (excludes halogenated alkanes) is 14. The number of hydrogen-bond donors (Lipinski definition) is 12. The van der Waals surface area contributed by atoms with Gasteiger partial charge in [0.1, 0.15) is 73.2 Å². The smallest absolute Gasteiger partial charge is 0.220 e. The van der Waals surface area contributed by atoms with Gasteiger partial charge in [-0.15, -0.1) is 0 Å².